The average molecular weight is 509 g/mol. The van der Waals surface area contributed by atoms with Crippen molar-refractivity contribution in [3.63, 3.8) is 0 Å². The van der Waals surface area contributed by atoms with Gasteiger partial charge < -0.3 is 9.30 Å². The zero-order valence-electron chi connectivity index (χ0n) is 20.8. The minimum absolute atomic E-state index is 0.0333. The minimum atomic E-state index is -0.573. The standard InChI is InChI=1S/C26H29ClN6O3/c1-26(2,3)36-24(34)21-14-29-22(30(21)4)16-31-13-11-19(15-31)33-23-20(6-5-12-28-23)32(25(33)35)18-9-7-17(27)8-10-18/h5-10,12,14,19H,11,13,15-16H2,1-4H3. The van der Waals surface area contributed by atoms with Gasteiger partial charge in [-0.05, 0) is 63.6 Å². The lowest BCUT2D eigenvalue weighted by molar-refractivity contribution is 0.00584. The van der Waals surface area contributed by atoms with Gasteiger partial charge in [0, 0.05) is 31.4 Å². The van der Waals surface area contributed by atoms with Gasteiger partial charge in [0.25, 0.3) is 0 Å². The first-order valence-electron chi connectivity index (χ1n) is 11.9. The van der Waals surface area contributed by atoms with Gasteiger partial charge in [0.05, 0.1) is 30.0 Å². The number of aromatic nitrogens is 5. The van der Waals surface area contributed by atoms with Crippen molar-refractivity contribution in [3.05, 3.63) is 75.8 Å². The number of esters is 1. The summed E-state index contributed by atoms with van der Waals surface area (Å²) in [4.78, 5) is 37.4. The maximum absolute atomic E-state index is 13.6. The molecule has 4 heterocycles. The number of likely N-dealkylation sites (tertiary alicyclic amines) is 1. The van der Waals surface area contributed by atoms with Crippen LogP contribution in [0.3, 0.4) is 0 Å². The third-order valence-corrected chi connectivity index (χ3v) is 6.64. The lowest BCUT2D eigenvalue weighted by Crippen LogP contribution is -2.29. The monoisotopic (exact) mass is 508 g/mol. The van der Waals surface area contributed by atoms with Gasteiger partial charge >= 0.3 is 11.7 Å². The van der Waals surface area contributed by atoms with E-state index in [4.69, 9.17) is 16.3 Å². The maximum Gasteiger partial charge on any atom is 0.357 e. The summed E-state index contributed by atoms with van der Waals surface area (Å²) < 4.78 is 10.8. The summed E-state index contributed by atoms with van der Waals surface area (Å²) >= 11 is 6.06. The molecule has 0 N–H and O–H groups in total. The van der Waals surface area contributed by atoms with Crippen LogP contribution in [-0.4, -0.2) is 53.2 Å². The number of hydrogen-bond donors (Lipinski definition) is 0. The molecule has 3 aromatic heterocycles. The smallest absolute Gasteiger partial charge is 0.357 e. The Hall–Kier alpha value is -3.43. The third kappa shape index (κ3) is 4.56. The number of halogens is 1. The van der Waals surface area contributed by atoms with Gasteiger partial charge in [-0.3, -0.25) is 14.0 Å². The van der Waals surface area contributed by atoms with E-state index >= 15 is 0 Å². The zero-order valence-corrected chi connectivity index (χ0v) is 21.6. The molecule has 0 spiro atoms. The van der Waals surface area contributed by atoms with Crippen molar-refractivity contribution in [1.29, 1.82) is 0 Å². The first-order chi connectivity index (χ1) is 17.1. The molecule has 36 heavy (non-hydrogen) atoms. The highest BCUT2D eigenvalue weighted by Gasteiger charge is 2.30. The first kappa shape index (κ1) is 24.3. The molecule has 1 saturated heterocycles. The average Bonchev–Trinajstić information content (AvgIpc) is 3.49. The molecule has 188 valence electrons. The summed E-state index contributed by atoms with van der Waals surface area (Å²) in [7, 11) is 1.82. The Morgan fingerprint density at radius 1 is 1.17 bits per heavy atom. The van der Waals surface area contributed by atoms with Crippen LogP contribution in [-0.2, 0) is 18.3 Å². The Bertz CT molecular complexity index is 1480. The Morgan fingerprint density at radius 3 is 2.64 bits per heavy atom. The number of rotatable bonds is 5. The van der Waals surface area contributed by atoms with Crippen LogP contribution in [0.15, 0.2) is 53.6 Å². The number of nitrogens with zero attached hydrogens (tertiary/aromatic N) is 6. The highest BCUT2D eigenvalue weighted by Crippen LogP contribution is 2.27. The molecule has 1 unspecified atom stereocenters. The molecule has 1 aromatic carbocycles. The normalized spacial score (nSPS) is 16.6. The zero-order chi connectivity index (χ0) is 25.6. The van der Waals surface area contributed by atoms with Crippen LogP contribution in [0.25, 0.3) is 16.9 Å². The topological polar surface area (TPSA) is 87.2 Å². The molecule has 4 aromatic rings. The molecule has 1 aliphatic rings. The summed E-state index contributed by atoms with van der Waals surface area (Å²) in [6.45, 7) is 7.55. The quantitative estimate of drug-likeness (QED) is 0.379. The molecule has 0 radical (unpaired) electrons. The van der Waals surface area contributed by atoms with Crippen molar-refractivity contribution in [3.8, 4) is 5.69 Å². The van der Waals surface area contributed by atoms with Gasteiger partial charge in [0.1, 0.15) is 17.1 Å². The van der Waals surface area contributed by atoms with Crippen molar-refractivity contribution in [2.24, 2.45) is 7.05 Å². The summed E-state index contributed by atoms with van der Waals surface area (Å²) in [6, 6.07) is 10.9. The van der Waals surface area contributed by atoms with Crippen LogP contribution < -0.4 is 5.69 Å². The van der Waals surface area contributed by atoms with E-state index in [0.29, 0.717) is 29.5 Å². The fourth-order valence-electron chi connectivity index (χ4n) is 4.70. The van der Waals surface area contributed by atoms with E-state index in [9.17, 15) is 9.59 Å². The summed E-state index contributed by atoms with van der Waals surface area (Å²) in [5, 5.41) is 0.615. The molecule has 1 aliphatic heterocycles. The molecule has 0 aliphatic carbocycles. The number of imidazole rings is 2. The van der Waals surface area contributed by atoms with E-state index in [2.05, 4.69) is 14.9 Å². The van der Waals surface area contributed by atoms with E-state index in [1.807, 2.05) is 52.1 Å². The van der Waals surface area contributed by atoms with Gasteiger partial charge in [-0.1, -0.05) is 11.6 Å². The Labute approximate surface area is 213 Å². The van der Waals surface area contributed by atoms with Crippen molar-refractivity contribution in [2.45, 2.75) is 45.4 Å². The summed E-state index contributed by atoms with van der Waals surface area (Å²) in [5.74, 6) is 0.376. The fraction of sp³-hybridized carbons (Fsp3) is 0.385. The van der Waals surface area contributed by atoms with Gasteiger partial charge in [-0.15, -0.1) is 0 Å². The van der Waals surface area contributed by atoms with Crippen LogP contribution in [0.4, 0.5) is 0 Å². The number of fused-ring (bicyclic) bond motifs is 1. The second kappa shape index (κ2) is 9.22. The Kier molecular flexibility index (Phi) is 6.22. The molecule has 0 saturated carbocycles. The molecular weight excluding hydrogens is 480 g/mol. The van der Waals surface area contributed by atoms with Crippen LogP contribution in [0, 0.1) is 0 Å². The minimum Gasteiger partial charge on any atom is -0.455 e. The van der Waals surface area contributed by atoms with Crippen molar-refractivity contribution >= 4 is 28.7 Å². The molecule has 0 amide bonds. The predicted molar refractivity (Wildman–Crippen MR) is 138 cm³/mol. The van der Waals surface area contributed by atoms with Gasteiger partial charge in [-0.25, -0.2) is 19.6 Å². The van der Waals surface area contributed by atoms with Gasteiger partial charge in [0.15, 0.2) is 5.65 Å². The number of hydrogen-bond acceptors (Lipinski definition) is 6. The van der Waals surface area contributed by atoms with E-state index in [-0.39, 0.29) is 11.7 Å². The number of ether oxygens (including phenoxy) is 1. The molecule has 10 heteroatoms. The molecular formula is C26H29ClN6O3. The SMILES string of the molecule is Cn1c(C(=O)OC(C)(C)C)cnc1CN1CCC(n2c(=O)n(-c3ccc(Cl)cc3)c3cccnc32)C1. The third-order valence-electron chi connectivity index (χ3n) is 6.39. The largest absolute Gasteiger partial charge is 0.455 e. The fourth-order valence-corrected chi connectivity index (χ4v) is 4.83. The van der Waals surface area contributed by atoms with Crippen molar-refractivity contribution in [1.82, 2.24) is 28.6 Å². The Morgan fingerprint density at radius 2 is 1.92 bits per heavy atom. The van der Waals surface area contributed by atoms with E-state index < -0.39 is 11.6 Å². The van der Waals surface area contributed by atoms with Crippen molar-refractivity contribution in [2.75, 3.05) is 13.1 Å². The predicted octanol–water partition coefficient (Wildman–Crippen LogP) is 3.98. The van der Waals surface area contributed by atoms with Crippen LogP contribution in [0.2, 0.25) is 5.02 Å². The van der Waals surface area contributed by atoms with Gasteiger partial charge in [-0.2, -0.15) is 0 Å². The molecule has 0 bridgehead atoms. The number of pyridine rings is 1. The Balaban J connectivity index is 1.39. The van der Waals surface area contributed by atoms with Crippen molar-refractivity contribution < 1.29 is 9.53 Å². The van der Waals surface area contributed by atoms with Gasteiger partial charge in [0.2, 0.25) is 0 Å². The van der Waals surface area contributed by atoms with Crippen LogP contribution >= 0.6 is 11.6 Å². The van der Waals surface area contributed by atoms with Crippen LogP contribution in [0.1, 0.15) is 49.5 Å². The molecule has 1 atom stereocenters. The highest BCUT2D eigenvalue weighted by atomic mass is 35.5. The first-order valence-corrected chi connectivity index (χ1v) is 12.3. The lowest BCUT2D eigenvalue weighted by Gasteiger charge is -2.20. The second-order valence-corrected chi connectivity index (χ2v) is 10.5. The second-order valence-electron chi connectivity index (χ2n) is 10.1. The summed E-state index contributed by atoms with van der Waals surface area (Å²) in [5.41, 5.74) is 1.89. The maximum atomic E-state index is 13.6. The van der Waals surface area contributed by atoms with E-state index in [1.54, 1.807) is 38.2 Å². The number of carbonyl (C=O) groups excluding carboxylic acids is 1. The molecule has 5 rings (SSSR count). The molecule has 1 fully saturated rings. The summed E-state index contributed by atoms with van der Waals surface area (Å²) in [6.07, 6.45) is 4.08. The molecule has 9 nitrogen and oxygen atoms in total. The van der Waals surface area contributed by atoms with Crippen LogP contribution in [0.5, 0.6) is 0 Å². The van der Waals surface area contributed by atoms with E-state index in [1.165, 1.54) is 0 Å². The lowest BCUT2D eigenvalue weighted by atomic mass is 10.2. The highest BCUT2D eigenvalue weighted by molar-refractivity contribution is 6.30. The number of carbonyl (C=O) groups is 1. The van der Waals surface area contributed by atoms with E-state index in [0.717, 1.165) is 30.0 Å². The number of benzene rings is 1.